The molecule has 0 bridgehead atoms. The van der Waals surface area contributed by atoms with Crippen LogP contribution in [-0.4, -0.2) is 43.3 Å². The first-order valence-electron chi connectivity index (χ1n) is 10.5. The molecule has 1 aromatic heterocycles. The summed E-state index contributed by atoms with van der Waals surface area (Å²) in [4.78, 5) is 25.6. The number of ether oxygens (including phenoxy) is 2. The van der Waals surface area contributed by atoms with Crippen molar-refractivity contribution in [2.24, 2.45) is 0 Å². The molecule has 1 N–H and O–H groups in total. The third kappa shape index (κ3) is 6.34. The van der Waals surface area contributed by atoms with Gasteiger partial charge in [-0.25, -0.2) is 4.79 Å². The lowest BCUT2D eigenvalue weighted by atomic mass is 10.2. The summed E-state index contributed by atoms with van der Waals surface area (Å²) in [5.41, 5.74) is -3.94. The highest BCUT2D eigenvalue weighted by Gasteiger charge is 2.43. The average Bonchev–Trinajstić information content (AvgIpc) is 3.04. The quantitative estimate of drug-likeness (QED) is 0.501. The fourth-order valence-electron chi connectivity index (χ4n) is 2.93. The van der Waals surface area contributed by atoms with Crippen LogP contribution in [-0.2, 0) is 20.1 Å². The molecule has 3 atom stereocenters. The fraction of sp³-hybridized carbons (Fsp3) is 0.714. The molecule has 0 spiro atoms. The zero-order valence-electron chi connectivity index (χ0n) is 19.3. The minimum atomic E-state index is -4.90. The number of nitrogens with one attached hydrogen (secondary N) is 1. The monoisotopic (exact) mass is 476 g/mol. The van der Waals surface area contributed by atoms with Crippen LogP contribution in [0.5, 0.6) is 0 Å². The van der Waals surface area contributed by atoms with E-state index in [1.807, 2.05) is 6.92 Å². The second kappa shape index (κ2) is 9.95. The Balaban J connectivity index is 2.29. The van der Waals surface area contributed by atoms with Crippen molar-refractivity contribution in [1.82, 2.24) is 9.55 Å². The van der Waals surface area contributed by atoms with Gasteiger partial charge in [0, 0.05) is 19.0 Å². The van der Waals surface area contributed by atoms with Crippen molar-refractivity contribution in [2.45, 2.75) is 83.3 Å². The number of halogens is 3. The molecule has 11 heteroatoms. The van der Waals surface area contributed by atoms with Crippen molar-refractivity contribution in [2.75, 3.05) is 13.2 Å². The zero-order chi connectivity index (χ0) is 24.3. The number of aromatic amines is 1. The Morgan fingerprint density at radius 3 is 2.47 bits per heavy atom. The van der Waals surface area contributed by atoms with E-state index in [2.05, 4.69) is 45.7 Å². The maximum Gasteiger partial charge on any atom is 0.423 e. The third-order valence-electron chi connectivity index (χ3n) is 5.85. The Bertz CT molecular complexity index is 969. The van der Waals surface area contributed by atoms with Crippen LogP contribution in [0.2, 0.25) is 18.1 Å². The second-order valence-electron chi connectivity index (χ2n) is 9.20. The number of hydrogen-bond acceptors (Lipinski definition) is 5. The molecule has 0 amide bonds. The highest BCUT2D eigenvalue weighted by atomic mass is 28.4. The van der Waals surface area contributed by atoms with E-state index in [9.17, 15) is 22.8 Å². The van der Waals surface area contributed by atoms with Gasteiger partial charge >= 0.3 is 11.9 Å². The van der Waals surface area contributed by atoms with Gasteiger partial charge in [-0.05, 0) is 18.1 Å². The topological polar surface area (TPSA) is 82.6 Å². The van der Waals surface area contributed by atoms with Gasteiger partial charge in [0.15, 0.2) is 8.32 Å². The van der Waals surface area contributed by atoms with E-state index >= 15 is 0 Å². The molecule has 1 fully saturated rings. The van der Waals surface area contributed by atoms with E-state index in [0.29, 0.717) is 12.6 Å². The average molecular weight is 477 g/mol. The molecule has 0 aromatic carbocycles. The van der Waals surface area contributed by atoms with Gasteiger partial charge in [-0.3, -0.25) is 14.3 Å². The minimum Gasteiger partial charge on any atom is -0.414 e. The van der Waals surface area contributed by atoms with Gasteiger partial charge in [0.05, 0.1) is 12.7 Å². The lowest BCUT2D eigenvalue weighted by Crippen LogP contribution is -2.44. The van der Waals surface area contributed by atoms with Crippen LogP contribution < -0.4 is 11.2 Å². The first-order valence-corrected chi connectivity index (χ1v) is 13.4. The Morgan fingerprint density at radius 1 is 1.25 bits per heavy atom. The minimum absolute atomic E-state index is 0.0502. The van der Waals surface area contributed by atoms with E-state index in [4.69, 9.17) is 13.9 Å². The van der Waals surface area contributed by atoms with Crippen molar-refractivity contribution in [3.05, 3.63) is 32.6 Å². The summed E-state index contributed by atoms with van der Waals surface area (Å²) in [5, 5.41) is -0.0502. The van der Waals surface area contributed by atoms with E-state index in [0.717, 1.165) is 4.57 Å². The maximum atomic E-state index is 13.2. The van der Waals surface area contributed by atoms with Crippen molar-refractivity contribution in [3.63, 3.8) is 0 Å². The fourth-order valence-corrected chi connectivity index (χ4v) is 3.94. The van der Waals surface area contributed by atoms with E-state index < -0.39 is 49.7 Å². The lowest BCUT2D eigenvalue weighted by Gasteiger charge is -2.37. The first-order chi connectivity index (χ1) is 14.7. The van der Waals surface area contributed by atoms with Crippen molar-refractivity contribution in [1.29, 1.82) is 0 Å². The molecule has 0 unspecified atom stereocenters. The molecule has 2 heterocycles. The van der Waals surface area contributed by atoms with Gasteiger partial charge in [0.1, 0.15) is 24.5 Å². The molecule has 0 radical (unpaired) electrons. The molecule has 7 nitrogen and oxygen atoms in total. The molecule has 1 aliphatic rings. The van der Waals surface area contributed by atoms with Crippen LogP contribution in [0.25, 0.3) is 0 Å². The summed E-state index contributed by atoms with van der Waals surface area (Å²) < 4.78 is 58.2. The summed E-state index contributed by atoms with van der Waals surface area (Å²) in [5.74, 6) is 5.74. The molecule has 0 aliphatic carbocycles. The smallest absolute Gasteiger partial charge is 0.414 e. The predicted molar refractivity (Wildman–Crippen MR) is 116 cm³/mol. The number of rotatable bonds is 6. The van der Waals surface area contributed by atoms with Crippen LogP contribution in [0.4, 0.5) is 13.2 Å². The molecule has 0 saturated carbocycles. The van der Waals surface area contributed by atoms with Crippen LogP contribution in [0.3, 0.4) is 0 Å². The number of aromatic nitrogens is 2. The molecular formula is C21H31F3N2O5Si. The highest BCUT2D eigenvalue weighted by molar-refractivity contribution is 6.74. The van der Waals surface area contributed by atoms with Gasteiger partial charge in [0.25, 0.3) is 5.56 Å². The van der Waals surface area contributed by atoms with Gasteiger partial charge in [-0.1, -0.05) is 33.6 Å². The number of nitrogens with zero attached hydrogens (tertiary/aromatic N) is 1. The maximum absolute atomic E-state index is 13.2. The lowest BCUT2D eigenvalue weighted by molar-refractivity contribution is -0.139. The number of H-pyrrole nitrogens is 1. The van der Waals surface area contributed by atoms with Gasteiger partial charge in [-0.2, -0.15) is 13.2 Å². The summed E-state index contributed by atoms with van der Waals surface area (Å²) in [6, 6.07) is 0. The Labute approximate surface area is 186 Å². The molecule has 1 aliphatic heterocycles. The Morgan fingerprint density at radius 2 is 1.91 bits per heavy atom. The highest BCUT2D eigenvalue weighted by Crippen LogP contribution is 2.38. The van der Waals surface area contributed by atoms with E-state index in [-0.39, 0.29) is 24.7 Å². The second-order valence-corrected chi connectivity index (χ2v) is 14.0. The molecule has 1 aromatic rings. The molecule has 32 heavy (non-hydrogen) atoms. The predicted octanol–water partition coefficient (Wildman–Crippen LogP) is 3.66. The van der Waals surface area contributed by atoms with Crippen molar-refractivity contribution in [3.8, 4) is 11.8 Å². The SMILES string of the molecule is CCC#CCO[C@H]1C[C@H](n2cc(C(F)(F)F)c(=O)[nH]c2=O)O[C@@H]1CO[Si](C)(C)C(C)(C)C. The van der Waals surface area contributed by atoms with Gasteiger partial charge < -0.3 is 13.9 Å². The van der Waals surface area contributed by atoms with Crippen LogP contribution in [0.1, 0.15) is 52.3 Å². The summed E-state index contributed by atoms with van der Waals surface area (Å²) in [6.07, 6.45) is -5.82. The largest absolute Gasteiger partial charge is 0.423 e. The first kappa shape index (κ1) is 26.4. The van der Waals surface area contributed by atoms with Crippen molar-refractivity contribution < 1.29 is 27.1 Å². The normalized spacial score (nSPS) is 22.0. The third-order valence-corrected chi connectivity index (χ3v) is 10.4. The Kier molecular flexibility index (Phi) is 8.20. The summed E-state index contributed by atoms with van der Waals surface area (Å²) in [6.45, 7) is 12.6. The van der Waals surface area contributed by atoms with E-state index in [1.54, 1.807) is 4.98 Å². The molecule has 180 valence electrons. The molecular weight excluding hydrogens is 445 g/mol. The standard InChI is InChI=1S/C21H31F3N2O5Si/c1-7-8-9-10-29-15-11-17(31-16(15)13-30-32(5,6)20(2,3)4)26-12-14(21(22,23)24)18(27)25-19(26)28/h12,15-17H,7,10-11,13H2,1-6H3,(H,25,27,28)/t15-,16+,17+/m0/s1. The number of alkyl halides is 3. The van der Waals surface area contributed by atoms with Gasteiger partial charge in [-0.15, -0.1) is 5.92 Å². The van der Waals surface area contributed by atoms with Crippen LogP contribution in [0, 0.1) is 11.8 Å². The zero-order valence-corrected chi connectivity index (χ0v) is 20.3. The molecule has 2 rings (SSSR count). The van der Waals surface area contributed by atoms with Gasteiger partial charge in [0.2, 0.25) is 0 Å². The number of hydrogen-bond donors (Lipinski definition) is 1. The summed E-state index contributed by atoms with van der Waals surface area (Å²) in [7, 11) is -2.13. The summed E-state index contributed by atoms with van der Waals surface area (Å²) >= 11 is 0. The van der Waals surface area contributed by atoms with Crippen LogP contribution >= 0.6 is 0 Å². The van der Waals surface area contributed by atoms with Crippen molar-refractivity contribution >= 4 is 8.32 Å². The Hall–Kier alpha value is -1.87. The van der Waals surface area contributed by atoms with E-state index in [1.165, 1.54) is 0 Å². The van der Waals surface area contributed by atoms with Crippen LogP contribution in [0.15, 0.2) is 15.8 Å². The molecule has 1 saturated heterocycles.